The smallest absolute Gasteiger partial charge is 0.258 e. The van der Waals surface area contributed by atoms with E-state index in [1.807, 2.05) is 13.0 Å². The highest BCUT2D eigenvalue weighted by atomic mass is 16.2. The number of carbonyl (C=O) groups is 2. The van der Waals surface area contributed by atoms with Crippen LogP contribution in [0.5, 0.6) is 0 Å². The van der Waals surface area contributed by atoms with Crippen LogP contribution in [0.25, 0.3) is 10.9 Å². The van der Waals surface area contributed by atoms with Crippen LogP contribution in [0, 0.1) is 6.92 Å². The Balaban J connectivity index is 1.98. The molecule has 2 heterocycles. The Morgan fingerprint density at radius 3 is 2.61 bits per heavy atom. The van der Waals surface area contributed by atoms with Gasteiger partial charge in [0, 0.05) is 18.5 Å². The summed E-state index contributed by atoms with van der Waals surface area (Å²) in [5.41, 5.74) is 2.50. The zero-order valence-corrected chi connectivity index (χ0v) is 12.7. The SMILES string of the molecule is CC(=O)Nc1c(C(=O)Nc2ccc(C)cn2)ccc2[nH]ncc12. The molecule has 0 radical (unpaired) electrons. The number of carbonyl (C=O) groups excluding carboxylic acids is 2. The van der Waals surface area contributed by atoms with Crippen molar-refractivity contribution in [2.75, 3.05) is 10.6 Å². The Kier molecular flexibility index (Phi) is 3.76. The number of aromatic nitrogens is 3. The van der Waals surface area contributed by atoms with Crippen molar-refractivity contribution in [2.24, 2.45) is 0 Å². The summed E-state index contributed by atoms with van der Waals surface area (Å²) >= 11 is 0. The van der Waals surface area contributed by atoms with Crippen molar-refractivity contribution in [1.29, 1.82) is 0 Å². The van der Waals surface area contributed by atoms with E-state index < -0.39 is 0 Å². The normalized spacial score (nSPS) is 10.5. The molecule has 7 heteroatoms. The summed E-state index contributed by atoms with van der Waals surface area (Å²) in [4.78, 5) is 28.1. The lowest BCUT2D eigenvalue weighted by Gasteiger charge is -2.11. The second kappa shape index (κ2) is 5.88. The maximum Gasteiger partial charge on any atom is 0.258 e. The van der Waals surface area contributed by atoms with Crippen LogP contribution in [0.1, 0.15) is 22.8 Å². The van der Waals surface area contributed by atoms with E-state index in [9.17, 15) is 9.59 Å². The second-order valence-corrected chi connectivity index (χ2v) is 5.18. The Labute approximate surface area is 132 Å². The van der Waals surface area contributed by atoms with Crippen LogP contribution < -0.4 is 10.6 Å². The number of aryl methyl sites for hydroxylation is 1. The third-order valence-electron chi connectivity index (χ3n) is 3.32. The van der Waals surface area contributed by atoms with Crippen molar-refractivity contribution in [3.05, 3.63) is 47.8 Å². The molecule has 116 valence electrons. The number of fused-ring (bicyclic) bond motifs is 1. The highest BCUT2D eigenvalue weighted by molar-refractivity contribution is 6.15. The minimum atomic E-state index is -0.354. The molecule has 23 heavy (non-hydrogen) atoms. The first-order chi connectivity index (χ1) is 11.0. The minimum Gasteiger partial charge on any atom is -0.325 e. The summed E-state index contributed by atoms with van der Waals surface area (Å²) in [6.07, 6.45) is 3.24. The van der Waals surface area contributed by atoms with E-state index in [0.29, 0.717) is 22.5 Å². The fourth-order valence-electron chi connectivity index (χ4n) is 2.24. The molecule has 7 nitrogen and oxygen atoms in total. The van der Waals surface area contributed by atoms with Crippen molar-refractivity contribution in [1.82, 2.24) is 15.2 Å². The van der Waals surface area contributed by atoms with Gasteiger partial charge in [-0.15, -0.1) is 0 Å². The lowest BCUT2D eigenvalue weighted by molar-refractivity contribution is -0.114. The molecule has 0 aliphatic heterocycles. The summed E-state index contributed by atoms with van der Waals surface area (Å²) in [5, 5.41) is 12.8. The number of nitrogens with zero attached hydrogens (tertiary/aromatic N) is 2. The van der Waals surface area contributed by atoms with E-state index in [-0.39, 0.29) is 11.8 Å². The van der Waals surface area contributed by atoms with Crippen LogP contribution in [0.2, 0.25) is 0 Å². The Bertz CT molecular complexity index is 883. The number of benzene rings is 1. The Morgan fingerprint density at radius 2 is 1.91 bits per heavy atom. The predicted octanol–water partition coefficient (Wildman–Crippen LogP) is 2.48. The number of amides is 2. The first-order valence-electron chi connectivity index (χ1n) is 7.02. The largest absolute Gasteiger partial charge is 0.325 e. The number of hydrogen-bond donors (Lipinski definition) is 3. The Hall–Kier alpha value is -3.22. The van der Waals surface area contributed by atoms with E-state index in [1.54, 1.807) is 30.6 Å². The van der Waals surface area contributed by atoms with Gasteiger partial charge in [0.15, 0.2) is 0 Å². The molecular weight excluding hydrogens is 294 g/mol. The second-order valence-electron chi connectivity index (χ2n) is 5.18. The van der Waals surface area contributed by atoms with Gasteiger partial charge in [-0.25, -0.2) is 4.98 Å². The zero-order valence-electron chi connectivity index (χ0n) is 12.7. The van der Waals surface area contributed by atoms with Gasteiger partial charge in [-0.3, -0.25) is 14.7 Å². The summed E-state index contributed by atoms with van der Waals surface area (Å²) in [5.74, 6) is -0.170. The van der Waals surface area contributed by atoms with Gasteiger partial charge >= 0.3 is 0 Å². The number of aromatic amines is 1. The van der Waals surface area contributed by atoms with E-state index in [0.717, 1.165) is 11.1 Å². The summed E-state index contributed by atoms with van der Waals surface area (Å²) in [6, 6.07) is 6.96. The molecule has 0 atom stereocenters. The predicted molar refractivity (Wildman–Crippen MR) is 87.3 cm³/mol. The number of anilines is 2. The minimum absolute atomic E-state index is 0.263. The van der Waals surface area contributed by atoms with Gasteiger partial charge in [0.2, 0.25) is 5.91 Å². The molecule has 2 aromatic heterocycles. The van der Waals surface area contributed by atoms with Crippen LogP contribution in [0.3, 0.4) is 0 Å². The number of rotatable bonds is 3. The van der Waals surface area contributed by atoms with Gasteiger partial charge in [0.1, 0.15) is 5.82 Å². The van der Waals surface area contributed by atoms with Gasteiger partial charge in [0.05, 0.1) is 23.0 Å². The topological polar surface area (TPSA) is 99.8 Å². The van der Waals surface area contributed by atoms with Crippen LogP contribution >= 0.6 is 0 Å². The van der Waals surface area contributed by atoms with Crippen molar-refractivity contribution in [3.8, 4) is 0 Å². The van der Waals surface area contributed by atoms with E-state index in [2.05, 4.69) is 25.8 Å². The van der Waals surface area contributed by atoms with Crippen molar-refractivity contribution in [3.63, 3.8) is 0 Å². The number of hydrogen-bond acceptors (Lipinski definition) is 4. The average molecular weight is 309 g/mol. The molecule has 0 saturated heterocycles. The molecule has 3 aromatic rings. The zero-order chi connectivity index (χ0) is 16.4. The average Bonchev–Trinajstić information content (AvgIpc) is 2.98. The van der Waals surface area contributed by atoms with Crippen LogP contribution in [-0.2, 0) is 4.79 Å². The van der Waals surface area contributed by atoms with E-state index in [4.69, 9.17) is 0 Å². The summed E-state index contributed by atoms with van der Waals surface area (Å²) < 4.78 is 0. The first-order valence-corrected chi connectivity index (χ1v) is 7.02. The quantitative estimate of drug-likeness (QED) is 0.692. The fraction of sp³-hybridized carbons (Fsp3) is 0.125. The van der Waals surface area contributed by atoms with E-state index in [1.165, 1.54) is 6.92 Å². The highest BCUT2D eigenvalue weighted by Crippen LogP contribution is 2.27. The third-order valence-corrected chi connectivity index (χ3v) is 3.32. The molecule has 2 amide bonds. The molecule has 0 saturated carbocycles. The molecule has 0 spiro atoms. The molecule has 0 unspecified atom stereocenters. The van der Waals surface area contributed by atoms with Gasteiger partial charge in [-0.05, 0) is 30.7 Å². The number of H-pyrrole nitrogens is 1. The molecule has 0 fully saturated rings. The van der Waals surface area contributed by atoms with Crippen LogP contribution in [-0.4, -0.2) is 27.0 Å². The van der Waals surface area contributed by atoms with Gasteiger partial charge < -0.3 is 10.6 Å². The van der Waals surface area contributed by atoms with Gasteiger partial charge in [-0.1, -0.05) is 6.07 Å². The molecule has 3 rings (SSSR count). The van der Waals surface area contributed by atoms with Gasteiger partial charge in [-0.2, -0.15) is 5.10 Å². The first kappa shape index (κ1) is 14.7. The molecule has 0 bridgehead atoms. The summed E-state index contributed by atoms with van der Waals surface area (Å²) in [6.45, 7) is 3.31. The number of pyridine rings is 1. The van der Waals surface area contributed by atoms with Crippen molar-refractivity contribution >= 4 is 34.2 Å². The molecule has 1 aromatic carbocycles. The molecule has 0 aliphatic rings. The Morgan fingerprint density at radius 1 is 1.09 bits per heavy atom. The maximum atomic E-state index is 12.5. The lowest BCUT2D eigenvalue weighted by atomic mass is 10.1. The fourth-order valence-corrected chi connectivity index (χ4v) is 2.24. The van der Waals surface area contributed by atoms with Crippen molar-refractivity contribution < 1.29 is 9.59 Å². The molecule has 3 N–H and O–H groups in total. The lowest BCUT2D eigenvalue weighted by Crippen LogP contribution is -2.17. The van der Waals surface area contributed by atoms with Gasteiger partial charge in [0.25, 0.3) is 5.91 Å². The van der Waals surface area contributed by atoms with Crippen LogP contribution in [0.15, 0.2) is 36.7 Å². The van der Waals surface area contributed by atoms with E-state index >= 15 is 0 Å². The summed E-state index contributed by atoms with van der Waals surface area (Å²) in [7, 11) is 0. The molecule has 0 aliphatic carbocycles. The van der Waals surface area contributed by atoms with Crippen LogP contribution in [0.4, 0.5) is 11.5 Å². The third kappa shape index (κ3) is 3.03. The highest BCUT2D eigenvalue weighted by Gasteiger charge is 2.17. The standard InChI is InChI=1S/C16H15N5O2/c1-9-3-6-14(17-7-9)20-16(23)11-4-5-13-12(8-18-21-13)15(11)19-10(2)22/h3-8H,1-2H3,(H,18,21)(H,19,22)(H,17,20,23). The van der Waals surface area contributed by atoms with Crippen molar-refractivity contribution in [2.45, 2.75) is 13.8 Å². The number of nitrogens with one attached hydrogen (secondary N) is 3. The monoisotopic (exact) mass is 309 g/mol. The maximum absolute atomic E-state index is 12.5. The molecular formula is C16H15N5O2.